The number of nitrogens with zero attached hydrogens (tertiary/aromatic N) is 4. The molecule has 4 aromatic carbocycles. The van der Waals surface area contributed by atoms with Crippen LogP contribution in [0.1, 0.15) is 52.7 Å². The number of phenolic OH excluding ortho intramolecular Hbond substituents is 1. The summed E-state index contributed by atoms with van der Waals surface area (Å²) in [5.74, 6) is 1.09. The van der Waals surface area contributed by atoms with E-state index in [4.69, 9.17) is 9.97 Å². The molecule has 8 aromatic rings. The van der Waals surface area contributed by atoms with Gasteiger partial charge in [-0.3, -0.25) is 0 Å². The zero-order valence-corrected chi connectivity index (χ0v) is 30.2. The fraction of sp³-hybridized carbons (Fsp3) is 0.190. The van der Waals surface area contributed by atoms with Crippen LogP contribution >= 0.6 is 0 Å². The maximum absolute atomic E-state index is 11.0. The van der Waals surface area contributed by atoms with E-state index in [2.05, 4.69) is 142 Å². The predicted molar refractivity (Wildman–Crippen MR) is 194 cm³/mol. The summed E-state index contributed by atoms with van der Waals surface area (Å²) < 4.78 is 4.42. The molecular weight excluding hydrogens is 772 g/mol. The normalized spacial score (nSPS) is 12.3. The van der Waals surface area contributed by atoms with Gasteiger partial charge in [-0.1, -0.05) is 95.2 Å². The number of rotatable bonds is 3. The van der Waals surface area contributed by atoms with E-state index in [1.165, 1.54) is 5.56 Å². The molecule has 6 heteroatoms. The Labute approximate surface area is 295 Å². The fourth-order valence-electron chi connectivity index (χ4n) is 6.70. The van der Waals surface area contributed by atoms with Gasteiger partial charge in [0, 0.05) is 49.1 Å². The Kier molecular flexibility index (Phi) is 7.60. The van der Waals surface area contributed by atoms with Crippen molar-refractivity contribution in [2.45, 2.75) is 52.4 Å². The molecular formula is C42H37N4OPt-. The van der Waals surface area contributed by atoms with Crippen molar-refractivity contribution in [3.05, 3.63) is 127 Å². The van der Waals surface area contributed by atoms with Gasteiger partial charge in [0.05, 0.1) is 11.2 Å². The minimum atomic E-state index is -0.0640. The van der Waals surface area contributed by atoms with Crippen LogP contribution in [0.4, 0.5) is 0 Å². The summed E-state index contributed by atoms with van der Waals surface area (Å²) >= 11 is 0. The largest absolute Gasteiger partial charge is 0.507 e. The van der Waals surface area contributed by atoms with E-state index >= 15 is 0 Å². The van der Waals surface area contributed by atoms with E-state index in [-0.39, 0.29) is 37.6 Å². The summed E-state index contributed by atoms with van der Waals surface area (Å²) in [5, 5.41) is 15.4. The smallest absolute Gasteiger partial charge is 0.144 e. The molecule has 5 nitrogen and oxygen atoms in total. The van der Waals surface area contributed by atoms with Crippen molar-refractivity contribution in [1.82, 2.24) is 19.1 Å². The first-order chi connectivity index (χ1) is 22.5. The molecule has 0 aliphatic heterocycles. The summed E-state index contributed by atoms with van der Waals surface area (Å²) in [4.78, 5) is 10.1. The summed E-state index contributed by atoms with van der Waals surface area (Å²) in [6.45, 7) is 13.2. The van der Waals surface area contributed by atoms with Crippen molar-refractivity contribution >= 4 is 43.7 Å². The fourth-order valence-corrected chi connectivity index (χ4v) is 6.70. The number of aromatic hydroxyl groups is 1. The van der Waals surface area contributed by atoms with Gasteiger partial charge in [0.25, 0.3) is 0 Å². The summed E-state index contributed by atoms with van der Waals surface area (Å²) in [7, 11) is 0. The number of fused-ring (bicyclic) bond motifs is 6. The topological polar surface area (TPSA) is 55.9 Å². The van der Waals surface area contributed by atoms with Crippen LogP contribution in [0.3, 0.4) is 0 Å². The van der Waals surface area contributed by atoms with E-state index in [0.717, 1.165) is 72.1 Å². The molecule has 4 heterocycles. The third kappa shape index (κ3) is 5.12. The van der Waals surface area contributed by atoms with Crippen molar-refractivity contribution in [3.8, 4) is 28.5 Å². The third-order valence-corrected chi connectivity index (χ3v) is 9.31. The Morgan fingerprint density at radius 2 is 1.25 bits per heavy atom. The van der Waals surface area contributed by atoms with Crippen molar-refractivity contribution in [2.75, 3.05) is 0 Å². The molecule has 4 aromatic heterocycles. The van der Waals surface area contributed by atoms with Gasteiger partial charge in [-0.25, -0.2) is 9.97 Å². The Balaban J connectivity index is 0.00000364. The van der Waals surface area contributed by atoms with Crippen LogP contribution in [0.5, 0.6) is 5.75 Å². The maximum atomic E-state index is 11.0. The van der Waals surface area contributed by atoms with Crippen molar-refractivity contribution in [1.29, 1.82) is 0 Å². The van der Waals surface area contributed by atoms with E-state index in [9.17, 15) is 5.11 Å². The van der Waals surface area contributed by atoms with Crippen LogP contribution in [0.2, 0.25) is 0 Å². The van der Waals surface area contributed by atoms with Gasteiger partial charge in [-0.15, -0.1) is 17.5 Å². The quantitative estimate of drug-likeness (QED) is 0.181. The van der Waals surface area contributed by atoms with Crippen LogP contribution in [-0.4, -0.2) is 24.2 Å². The second kappa shape index (κ2) is 11.5. The second-order valence-electron chi connectivity index (χ2n) is 14.5. The SMILES string of the molecule is CC(C)(C)c1ccnc(-n2c3[c-]c(-n4c5ccccc5c5ccc(-c6cc(C(C)(C)C)ccc6O)nc54)ccc3c3ccccc32)c1.[Pt]. The molecule has 1 N–H and O–H groups in total. The van der Waals surface area contributed by atoms with E-state index < -0.39 is 0 Å². The molecule has 0 atom stereocenters. The molecule has 0 aliphatic rings. The average molecular weight is 809 g/mol. The molecule has 0 spiro atoms. The number of aromatic nitrogens is 4. The number of para-hydroxylation sites is 2. The molecule has 0 bridgehead atoms. The van der Waals surface area contributed by atoms with E-state index in [1.54, 1.807) is 6.07 Å². The molecule has 0 aliphatic carbocycles. The zero-order chi connectivity index (χ0) is 32.7. The Morgan fingerprint density at radius 3 is 1.96 bits per heavy atom. The first-order valence-electron chi connectivity index (χ1n) is 16.2. The number of hydrogen-bond acceptors (Lipinski definition) is 3. The van der Waals surface area contributed by atoms with Crippen LogP contribution in [0.15, 0.2) is 109 Å². The molecule has 0 amide bonds. The first kappa shape index (κ1) is 31.8. The van der Waals surface area contributed by atoms with E-state index in [1.807, 2.05) is 18.3 Å². The van der Waals surface area contributed by atoms with Gasteiger partial charge < -0.3 is 14.2 Å². The number of pyridine rings is 2. The number of phenols is 1. The van der Waals surface area contributed by atoms with Gasteiger partial charge in [0.15, 0.2) is 0 Å². The van der Waals surface area contributed by atoms with Gasteiger partial charge in [-0.2, -0.15) is 6.07 Å². The molecule has 48 heavy (non-hydrogen) atoms. The Hall–Kier alpha value is -4.73. The molecule has 242 valence electrons. The number of hydrogen-bond donors (Lipinski definition) is 1. The van der Waals surface area contributed by atoms with Crippen molar-refractivity contribution in [2.24, 2.45) is 0 Å². The van der Waals surface area contributed by atoms with Crippen LogP contribution in [0.25, 0.3) is 66.5 Å². The number of benzene rings is 4. The summed E-state index contributed by atoms with van der Waals surface area (Å²) in [6, 6.07) is 39.3. The van der Waals surface area contributed by atoms with E-state index in [0.29, 0.717) is 0 Å². The molecule has 0 fully saturated rings. The Morgan fingerprint density at radius 1 is 0.625 bits per heavy atom. The van der Waals surface area contributed by atoms with Crippen LogP contribution in [0, 0.1) is 6.07 Å². The molecule has 0 unspecified atom stereocenters. The average Bonchev–Trinajstić information content (AvgIpc) is 3.56. The van der Waals surface area contributed by atoms with Gasteiger partial charge in [-0.05, 0) is 75.9 Å². The summed E-state index contributed by atoms with van der Waals surface area (Å²) in [5.41, 5.74) is 8.53. The van der Waals surface area contributed by atoms with Crippen LogP contribution < -0.4 is 0 Å². The zero-order valence-electron chi connectivity index (χ0n) is 27.9. The minimum absolute atomic E-state index is 0. The van der Waals surface area contributed by atoms with Crippen molar-refractivity contribution < 1.29 is 26.2 Å². The molecule has 0 saturated heterocycles. The van der Waals surface area contributed by atoms with Crippen LogP contribution in [-0.2, 0) is 31.9 Å². The standard InChI is InChI=1S/C42H37N4O.Pt/c1-41(2,3)26-15-20-38(47)33(23-26)34-19-18-32-30-12-8-9-13-35(30)45(40(32)44-34)28-16-17-31-29-11-7-10-14-36(29)46(37(31)25-28)39-24-27(21-22-43-39)42(4,5)6;/h7-24,47H,1-6H3;/q-1;. The molecule has 8 rings (SSSR count). The predicted octanol–water partition coefficient (Wildman–Crippen LogP) is 10.4. The maximum Gasteiger partial charge on any atom is 0.144 e. The Bertz CT molecular complexity index is 2510. The van der Waals surface area contributed by atoms with Crippen molar-refractivity contribution in [3.63, 3.8) is 0 Å². The van der Waals surface area contributed by atoms with Gasteiger partial charge >= 0.3 is 0 Å². The minimum Gasteiger partial charge on any atom is -0.507 e. The van der Waals surface area contributed by atoms with Gasteiger partial charge in [0.1, 0.15) is 17.2 Å². The third-order valence-electron chi connectivity index (χ3n) is 9.31. The monoisotopic (exact) mass is 808 g/mol. The molecule has 0 radical (unpaired) electrons. The second-order valence-corrected chi connectivity index (χ2v) is 14.5. The molecule has 0 saturated carbocycles. The first-order valence-corrected chi connectivity index (χ1v) is 16.2. The summed E-state index contributed by atoms with van der Waals surface area (Å²) in [6.07, 6.45) is 1.91. The van der Waals surface area contributed by atoms with Gasteiger partial charge in [0.2, 0.25) is 0 Å².